The fourth-order valence-electron chi connectivity index (χ4n) is 1.75. The maximum absolute atomic E-state index is 12.0. The summed E-state index contributed by atoms with van der Waals surface area (Å²) in [6, 6.07) is 9.08. The van der Waals surface area contributed by atoms with Crippen LogP contribution in [0, 0.1) is 0 Å². The lowest BCUT2D eigenvalue weighted by atomic mass is 10.2. The van der Waals surface area contributed by atoms with Crippen molar-refractivity contribution in [1.29, 1.82) is 0 Å². The molecule has 2 rings (SSSR count). The Morgan fingerprint density at radius 3 is 2.70 bits per heavy atom. The normalized spacial score (nSPS) is 10.1. The third kappa shape index (κ3) is 4.93. The van der Waals surface area contributed by atoms with Gasteiger partial charge in [-0.2, -0.15) is 0 Å². The first kappa shape index (κ1) is 16.7. The number of aromatic hydroxyl groups is 1. The number of ether oxygens (including phenoxy) is 1. The van der Waals surface area contributed by atoms with E-state index in [-0.39, 0.29) is 29.6 Å². The molecule has 23 heavy (non-hydrogen) atoms. The maximum atomic E-state index is 12.0. The summed E-state index contributed by atoms with van der Waals surface area (Å²) in [5, 5.41) is 11.9. The van der Waals surface area contributed by atoms with Crippen molar-refractivity contribution in [3.63, 3.8) is 0 Å². The number of amides is 1. The number of phenolic OH excluding ortho intramolecular Hbond substituents is 1. The first-order valence-electron chi connectivity index (χ1n) is 6.78. The zero-order chi connectivity index (χ0) is 16.8. The standard InChI is InChI=1S/C16H15NO5S/c1-10(18)17-8-13-5-6-15(23-13)14(20)9-22-16(21)11-3-2-4-12(19)7-11/h2-7,19H,8-9H2,1H3,(H,17,18). The highest BCUT2D eigenvalue weighted by molar-refractivity contribution is 7.14. The van der Waals surface area contributed by atoms with Gasteiger partial charge in [0, 0.05) is 11.8 Å². The van der Waals surface area contributed by atoms with Crippen LogP contribution in [0.5, 0.6) is 5.75 Å². The van der Waals surface area contributed by atoms with Gasteiger partial charge in [0.25, 0.3) is 0 Å². The molecule has 2 aromatic rings. The van der Waals surface area contributed by atoms with E-state index in [0.717, 1.165) is 4.88 Å². The second-order valence-electron chi connectivity index (χ2n) is 4.73. The van der Waals surface area contributed by atoms with Crippen molar-refractivity contribution in [3.8, 4) is 5.75 Å². The molecule has 0 saturated carbocycles. The predicted molar refractivity (Wildman–Crippen MR) is 84.6 cm³/mol. The van der Waals surface area contributed by atoms with E-state index in [9.17, 15) is 19.5 Å². The molecule has 7 heteroatoms. The number of rotatable bonds is 6. The molecule has 0 radical (unpaired) electrons. The van der Waals surface area contributed by atoms with Crippen molar-refractivity contribution in [1.82, 2.24) is 5.32 Å². The molecule has 0 aliphatic carbocycles. The van der Waals surface area contributed by atoms with E-state index in [1.807, 2.05) is 0 Å². The van der Waals surface area contributed by atoms with Crippen molar-refractivity contribution in [3.05, 3.63) is 51.7 Å². The molecule has 120 valence electrons. The lowest BCUT2D eigenvalue weighted by Crippen LogP contribution is -2.18. The Morgan fingerprint density at radius 1 is 1.22 bits per heavy atom. The average molecular weight is 333 g/mol. The van der Waals surface area contributed by atoms with E-state index in [4.69, 9.17) is 4.74 Å². The molecule has 0 spiro atoms. The minimum Gasteiger partial charge on any atom is -0.508 e. The first-order valence-corrected chi connectivity index (χ1v) is 7.60. The van der Waals surface area contributed by atoms with Crippen molar-refractivity contribution < 1.29 is 24.2 Å². The molecule has 0 bridgehead atoms. The van der Waals surface area contributed by atoms with Crippen LogP contribution in [-0.2, 0) is 16.1 Å². The Balaban J connectivity index is 1.89. The van der Waals surface area contributed by atoms with Crippen molar-refractivity contribution in [2.45, 2.75) is 13.5 Å². The Bertz CT molecular complexity index is 738. The number of carbonyl (C=O) groups is 3. The summed E-state index contributed by atoms with van der Waals surface area (Å²) in [5.41, 5.74) is 0.176. The molecule has 0 aliphatic rings. The average Bonchev–Trinajstić information content (AvgIpc) is 2.99. The summed E-state index contributed by atoms with van der Waals surface area (Å²) in [4.78, 5) is 35.9. The van der Waals surface area contributed by atoms with Crippen LogP contribution in [-0.4, -0.2) is 29.4 Å². The van der Waals surface area contributed by atoms with Crippen LogP contribution < -0.4 is 5.32 Å². The molecule has 1 aromatic heterocycles. The summed E-state index contributed by atoms with van der Waals surface area (Å²) in [6.45, 7) is 1.39. The van der Waals surface area contributed by atoms with Crippen LogP contribution in [0.3, 0.4) is 0 Å². The van der Waals surface area contributed by atoms with Gasteiger partial charge in [0.05, 0.1) is 17.0 Å². The van der Waals surface area contributed by atoms with E-state index >= 15 is 0 Å². The molecule has 0 fully saturated rings. The van der Waals surface area contributed by atoms with Gasteiger partial charge in [-0.05, 0) is 30.3 Å². The molecule has 1 amide bonds. The smallest absolute Gasteiger partial charge is 0.338 e. The van der Waals surface area contributed by atoms with E-state index in [1.165, 1.54) is 42.5 Å². The van der Waals surface area contributed by atoms with Gasteiger partial charge in [0.15, 0.2) is 6.61 Å². The lowest BCUT2D eigenvalue weighted by molar-refractivity contribution is -0.119. The Kier molecular flexibility index (Phi) is 5.48. The zero-order valence-electron chi connectivity index (χ0n) is 12.4. The Labute approximate surface area is 136 Å². The number of benzene rings is 1. The second kappa shape index (κ2) is 7.55. The molecule has 0 unspecified atom stereocenters. The highest BCUT2D eigenvalue weighted by atomic mass is 32.1. The second-order valence-corrected chi connectivity index (χ2v) is 5.89. The monoisotopic (exact) mass is 333 g/mol. The van der Waals surface area contributed by atoms with Crippen LogP contribution in [0.15, 0.2) is 36.4 Å². The number of esters is 1. The summed E-state index contributed by atoms with van der Waals surface area (Å²) in [6.07, 6.45) is 0. The number of nitrogens with one attached hydrogen (secondary N) is 1. The third-order valence-electron chi connectivity index (χ3n) is 2.86. The van der Waals surface area contributed by atoms with E-state index in [0.29, 0.717) is 11.4 Å². The molecule has 0 atom stereocenters. The van der Waals surface area contributed by atoms with Gasteiger partial charge < -0.3 is 15.2 Å². The van der Waals surface area contributed by atoms with E-state index in [1.54, 1.807) is 12.1 Å². The van der Waals surface area contributed by atoms with Gasteiger partial charge in [-0.3, -0.25) is 9.59 Å². The topological polar surface area (TPSA) is 92.7 Å². The molecule has 1 heterocycles. The van der Waals surface area contributed by atoms with Gasteiger partial charge in [-0.1, -0.05) is 6.07 Å². The van der Waals surface area contributed by atoms with Gasteiger partial charge >= 0.3 is 5.97 Å². The minimum absolute atomic E-state index is 0.0494. The summed E-state index contributed by atoms with van der Waals surface area (Å²) < 4.78 is 4.94. The van der Waals surface area contributed by atoms with Crippen molar-refractivity contribution in [2.75, 3.05) is 6.61 Å². The number of carbonyl (C=O) groups excluding carboxylic acids is 3. The zero-order valence-corrected chi connectivity index (χ0v) is 13.2. The van der Waals surface area contributed by atoms with Crippen LogP contribution in [0.1, 0.15) is 31.8 Å². The largest absolute Gasteiger partial charge is 0.508 e. The van der Waals surface area contributed by atoms with Crippen LogP contribution in [0.25, 0.3) is 0 Å². The van der Waals surface area contributed by atoms with Gasteiger partial charge in [-0.15, -0.1) is 11.3 Å². The van der Waals surface area contributed by atoms with E-state index in [2.05, 4.69) is 5.32 Å². The van der Waals surface area contributed by atoms with Crippen LogP contribution >= 0.6 is 11.3 Å². The minimum atomic E-state index is -0.677. The third-order valence-corrected chi connectivity index (χ3v) is 3.99. The molecular weight excluding hydrogens is 318 g/mol. The van der Waals surface area contributed by atoms with E-state index < -0.39 is 5.97 Å². The molecule has 0 saturated heterocycles. The molecule has 2 N–H and O–H groups in total. The number of Topliss-reactive ketones (excluding diaryl/α,β-unsaturated/α-hetero) is 1. The number of phenols is 1. The molecule has 0 aliphatic heterocycles. The van der Waals surface area contributed by atoms with Gasteiger partial charge in [0.1, 0.15) is 5.75 Å². The first-order chi connectivity index (χ1) is 11.0. The van der Waals surface area contributed by atoms with Crippen LogP contribution in [0.4, 0.5) is 0 Å². The highest BCUT2D eigenvalue weighted by Gasteiger charge is 2.14. The Hall–Kier alpha value is -2.67. The highest BCUT2D eigenvalue weighted by Crippen LogP contribution is 2.17. The summed E-state index contributed by atoms with van der Waals surface area (Å²) >= 11 is 1.24. The lowest BCUT2D eigenvalue weighted by Gasteiger charge is -2.03. The molecular formula is C16H15NO5S. The Morgan fingerprint density at radius 2 is 2.00 bits per heavy atom. The number of hydrogen-bond acceptors (Lipinski definition) is 6. The number of ketones is 1. The maximum Gasteiger partial charge on any atom is 0.338 e. The summed E-state index contributed by atoms with van der Waals surface area (Å²) in [7, 11) is 0. The predicted octanol–water partition coefficient (Wildman–Crippen LogP) is 2.13. The van der Waals surface area contributed by atoms with Gasteiger partial charge in [-0.25, -0.2) is 4.79 Å². The SMILES string of the molecule is CC(=O)NCc1ccc(C(=O)COC(=O)c2cccc(O)c2)s1. The van der Waals surface area contributed by atoms with Crippen molar-refractivity contribution >= 4 is 29.0 Å². The van der Waals surface area contributed by atoms with Gasteiger partial charge in [0.2, 0.25) is 11.7 Å². The molecule has 6 nitrogen and oxygen atoms in total. The fourth-order valence-corrected chi connectivity index (χ4v) is 2.62. The fraction of sp³-hybridized carbons (Fsp3) is 0.188. The number of hydrogen-bond donors (Lipinski definition) is 2. The van der Waals surface area contributed by atoms with Crippen molar-refractivity contribution in [2.24, 2.45) is 0 Å². The quantitative estimate of drug-likeness (QED) is 0.624. The van der Waals surface area contributed by atoms with Crippen LogP contribution in [0.2, 0.25) is 0 Å². The molecule has 1 aromatic carbocycles. The summed E-state index contributed by atoms with van der Waals surface area (Å²) in [5.74, 6) is -1.19. The number of thiophene rings is 1.